The van der Waals surface area contributed by atoms with Crippen molar-refractivity contribution in [1.82, 2.24) is 4.90 Å². The van der Waals surface area contributed by atoms with E-state index in [0.29, 0.717) is 11.3 Å². The van der Waals surface area contributed by atoms with E-state index in [1.165, 1.54) is 13.2 Å². The van der Waals surface area contributed by atoms with E-state index in [2.05, 4.69) is 13.8 Å². The van der Waals surface area contributed by atoms with Crippen LogP contribution in [0.4, 0.5) is 0 Å². The smallest absolute Gasteiger partial charge is 0.254 e. The molecule has 4 heteroatoms. The number of methoxy groups -OCH3 is 1. The predicted molar refractivity (Wildman–Crippen MR) is 69.0 cm³/mol. The fourth-order valence-electron chi connectivity index (χ4n) is 2.29. The van der Waals surface area contributed by atoms with Crippen LogP contribution in [0.5, 0.6) is 11.5 Å². The normalized spacial score (nSPS) is 17.8. The zero-order chi connectivity index (χ0) is 13.3. The Hall–Kier alpha value is -1.71. The van der Waals surface area contributed by atoms with Crippen molar-refractivity contribution in [2.24, 2.45) is 5.41 Å². The second kappa shape index (κ2) is 4.52. The average molecular weight is 249 g/mol. The van der Waals surface area contributed by atoms with E-state index < -0.39 is 0 Å². The van der Waals surface area contributed by atoms with Crippen molar-refractivity contribution < 1.29 is 14.6 Å². The highest BCUT2D eigenvalue weighted by Crippen LogP contribution is 2.31. The quantitative estimate of drug-likeness (QED) is 0.874. The van der Waals surface area contributed by atoms with Crippen LogP contribution in [0.15, 0.2) is 18.2 Å². The molecule has 1 aromatic carbocycles. The Morgan fingerprint density at radius 3 is 2.67 bits per heavy atom. The van der Waals surface area contributed by atoms with Crippen molar-refractivity contribution in [2.45, 2.75) is 20.3 Å². The first-order valence-electron chi connectivity index (χ1n) is 6.09. The Kier molecular flexibility index (Phi) is 3.20. The number of aromatic hydroxyl groups is 1. The molecule has 18 heavy (non-hydrogen) atoms. The number of phenols is 1. The monoisotopic (exact) mass is 249 g/mol. The molecule has 0 atom stereocenters. The zero-order valence-corrected chi connectivity index (χ0v) is 11.1. The number of nitrogens with zero attached hydrogens (tertiary/aromatic N) is 1. The van der Waals surface area contributed by atoms with Gasteiger partial charge in [-0.25, -0.2) is 0 Å². The van der Waals surface area contributed by atoms with E-state index in [0.717, 1.165) is 19.5 Å². The van der Waals surface area contributed by atoms with Gasteiger partial charge in [0.2, 0.25) is 0 Å². The van der Waals surface area contributed by atoms with Gasteiger partial charge in [-0.3, -0.25) is 4.79 Å². The Labute approximate surface area is 107 Å². The summed E-state index contributed by atoms with van der Waals surface area (Å²) in [5.74, 6) is 0.355. The number of hydrogen-bond donors (Lipinski definition) is 1. The third kappa shape index (κ3) is 2.42. The van der Waals surface area contributed by atoms with Crippen LogP contribution in [0, 0.1) is 5.41 Å². The minimum absolute atomic E-state index is 0.00167. The lowest BCUT2D eigenvalue weighted by molar-refractivity contribution is 0.0778. The fourth-order valence-corrected chi connectivity index (χ4v) is 2.29. The molecule has 1 heterocycles. The Morgan fingerprint density at radius 1 is 1.44 bits per heavy atom. The van der Waals surface area contributed by atoms with Crippen LogP contribution < -0.4 is 4.74 Å². The molecule has 1 aliphatic heterocycles. The molecular formula is C14H19NO3. The molecule has 0 unspecified atom stereocenters. The predicted octanol–water partition coefficient (Wildman–Crippen LogP) is 2.27. The van der Waals surface area contributed by atoms with Crippen LogP contribution in [-0.4, -0.2) is 36.1 Å². The molecular weight excluding hydrogens is 230 g/mol. The summed E-state index contributed by atoms with van der Waals surface area (Å²) in [6.07, 6.45) is 1.01. The molecule has 0 radical (unpaired) electrons. The highest BCUT2D eigenvalue weighted by molar-refractivity contribution is 5.95. The molecule has 0 aliphatic carbocycles. The zero-order valence-electron chi connectivity index (χ0n) is 11.1. The SMILES string of the molecule is COc1ccc(C(=O)N2CCC(C)(C)C2)cc1O. The van der Waals surface area contributed by atoms with Gasteiger partial charge in [0.05, 0.1) is 7.11 Å². The number of hydrogen-bond acceptors (Lipinski definition) is 3. The third-order valence-corrected chi connectivity index (χ3v) is 3.39. The second-order valence-corrected chi connectivity index (χ2v) is 5.53. The van der Waals surface area contributed by atoms with Crippen LogP contribution in [-0.2, 0) is 0 Å². The van der Waals surface area contributed by atoms with Gasteiger partial charge in [0.1, 0.15) is 0 Å². The second-order valence-electron chi connectivity index (χ2n) is 5.53. The van der Waals surface area contributed by atoms with E-state index >= 15 is 0 Å². The van der Waals surface area contributed by atoms with Gasteiger partial charge >= 0.3 is 0 Å². The fraction of sp³-hybridized carbons (Fsp3) is 0.500. The lowest BCUT2D eigenvalue weighted by atomic mass is 9.93. The van der Waals surface area contributed by atoms with Gasteiger partial charge in [-0.2, -0.15) is 0 Å². The molecule has 2 rings (SSSR count). The highest BCUT2D eigenvalue weighted by Gasteiger charge is 2.32. The van der Waals surface area contributed by atoms with E-state index in [-0.39, 0.29) is 17.1 Å². The lowest BCUT2D eigenvalue weighted by Gasteiger charge is -2.20. The van der Waals surface area contributed by atoms with Crippen LogP contribution in [0.2, 0.25) is 0 Å². The summed E-state index contributed by atoms with van der Waals surface area (Å²) in [5, 5.41) is 9.69. The Bertz CT molecular complexity index is 468. The molecule has 0 bridgehead atoms. The number of carbonyl (C=O) groups excluding carboxylic acids is 1. The first kappa shape index (κ1) is 12.7. The van der Waals surface area contributed by atoms with Gasteiger partial charge in [-0.1, -0.05) is 13.8 Å². The molecule has 0 spiro atoms. The summed E-state index contributed by atoms with van der Waals surface area (Å²) in [5.41, 5.74) is 0.690. The van der Waals surface area contributed by atoms with E-state index in [1.54, 1.807) is 12.1 Å². The standard InChI is InChI=1S/C14H19NO3/c1-14(2)6-7-15(9-14)13(17)10-4-5-12(18-3)11(16)8-10/h4-5,8,16H,6-7,9H2,1-3H3. The number of benzene rings is 1. The van der Waals surface area contributed by atoms with Crippen molar-refractivity contribution >= 4 is 5.91 Å². The number of likely N-dealkylation sites (tertiary alicyclic amines) is 1. The van der Waals surface area contributed by atoms with Crippen molar-refractivity contribution in [1.29, 1.82) is 0 Å². The Morgan fingerprint density at radius 2 is 2.17 bits per heavy atom. The van der Waals surface area contributed by atoms with Crippen LogP contribution in [0.1, 0.15) is 30.6 Å². The van der Waals surface area contributed by atoms with Gasteiger partial charge in [-0.05, 0) is 30.0 Å². The maximum absolute atomic E-state index is 12.3. The van der Waals surface area contributed by atoms with E-state index in [4.69, 9.17) is 4.74 Å². The highest BCUT2D eigenvalue weighted by atomic mass is 16.5. The molecule has 1 fully saturated rings. The van der Waals surface area contributed by atoms with E-state index in [1.807, 2.05) is 4.90 Å². The minimum atomic E-state index is -0.0291. The molecule has 1 N–H and O–H groups in total. The Balaban J connectivity index is 2.17. The molecule has 1 aromatic rings. The summed E-state index contributed by atoms with van der Waals surface area (Å²) in [4.78, 5) is 14.1. The number of amides is 1. The summed E-state index contributed by atoms with van der Waals surface area (Å²) >= 11 is 0. The lowest BCUT2D eigenvalue weighted by Crippen LogP contribution is -2.30. The largest absolute Gasteiger partial charge is 0.504 e. The van der Waals surface area contributed by atoms with Gasteiger partial charge in [0.25, 0.3) is 5.91 Å². The molecule has 4 nitrogen and oxygen atoms in total. The topological polar surface area (TPSA) is 49.8 Å². The number of phenolic OH excluding ortho intramolecular Hbond substituents is 1. The van der Waals surface area contributed by atoms with Gasteiger partial charge in [0, 0.05) is 18.7 Å². The summed E-state index contributed by atoms with van der Waals surface area (Å²) in [6.45, 7) is 5.86. The maximum Gasteiger partial charge on any atom is 0.254 e. The van der Waals surface area contributed by atoms with Gasteiger partial charge < -0.3 is 14.7 Å². The summed E-state index contributed by atoms with van der Waals surface area (Å²) in [7, 11) is 1.49. The molecule has 1 aliphatic rings. The van der Waals surface area contributed by atoms with E-state index in [9.17, 15) is 9.90 Å². The number of carbonyl (C=O) groups is 1. The molecule has 98 valence electrons. The third-order valence-electron chi connectivity index (χ3n) is 3.39. The van der Waals surface area contributed by atoms with Crippen LogP contribution in [0.25, 0.3) is 0 Å². The van der Waals surface area contributed by atoms with Crippen molar-refractivity contribution in [2.75, 3.05) is 20.2 Å². The minimum Gasteiger partial charge on any atom is -0.504 e. The maximum atomic E-state index is 12.3. The van der Waals surface area contributed by atoms with Crippen molar-refractivity contribution in [3.8, 4) is 11.5 Å². The van der Waals surface area contributed by atoms with Crippen molar-refractivity contribution in [3.05, 3.63) is 23.8 Å². The average Bonchev–Trinajstić information content (AvgIpc) is 2.68. The summed E-state index contributed by atoms with van der Waals surface area (Å²) < 4.78 is 4.96. The van der Waals surface area contributed by atoms with Crippen LogP contribution >= 0.6 is 0 Å². The van der Waals surface area contributed by atoms with Gasteiger partial charge in [-0.15, -0.1) is 0 Å². The molecule has 0 saturated carbocycles. The van der Waals surface area contributed by atoms with Crippen molar-refractivity contribution in [3.63, 3.8) is 0 Å². The van der Waals surface area contributed by atoms with Crippen LogP contribution in [0.3, 0.4) is 0 Å². The number of rotatable bonds is 2. The number of ether oxygens (including phenoxy) is 1. The first-order chi connectivity index (χ1) is 8.43. The molecule has 1 amide bonds. The summed E-state index contributed by atoms with van der Waals surface area (Å²) in [6, 6.07) is 4.77. The molecule has 1 saturated heterocycles. The first-order valence-corrected chi connectivity index (χ1v) is 6.09. The molecule has 0 aromatic heterocycles. The van der Waals surface area contributed by atoms with Gasteiger partial charge in [0.15, 0.2) is 11.5 Å².